The van der Waals surface area contributed by atoms with Crippen LogP contribution in [0, 0.1) is 5.92 Å². The Morgan fingerprint density at radius 1 is 1.43 bits per heavy atom. The molecule has 0 aromatic rings. The molecule has 1 aliphatic rings. The molecule has 14 heavy (non-hydrogen) atoms. The van der Waals surface area contributed by atoms with Crippen molar-refractivity contribution in [3.63, 3.8) is 0 Å². The number of allylic oxidation sites excluding steroid dienone is 2. The average molecular weight is 214 g/mol. The van der Waals surface area contributed by atoms with E-state index in [4.69, 9.17) is 5.11 Å². The van der Waals surface area contributed by atoms with Gasteiger partial charge in [-0.05, 0) is 37.4 Å². The fourth-order valence-electron chi connectivity index (χ4n) is 1.63. The van der Waals surface area contributed by atoms with Gasteiger partial charge in [0.25, 0.3) is 0 Å². The molecule has 0 aromatic carbocycles. The Kier molecular flexibility index (Phi) is 5.76. The van der Waals surface area contributed by atoms with Gasteiger partial charge in [0.2, 0.25) is 0 Å². The first kappa shape index (κ1) is 11.6. The normalized spacial score (nSPS) is 21.0. The van der Waals surface area contributed by atoms with Crippen LogP contribution in [-0.4, -0.2) is 22.6 Å². The number of carboxylic acids is 1. The highest BCUT2D eigenvalue weighted by molar-refractivity contribution is 7.99. The summed E-state index contributed by atoms with van der Waals surface area (Å²) in [4.78, 5) is 10.2. The third-order valence-corrected chi connectivity index (χ3v) is 3.53. The van der Waals surface area contributed by atoms with Gasteiger partial charge in [-0.1, -0.05) is 12.2 Å². The van der Waals surface area contributed by atoms with Gasteiger partial charge in [-0.15, -0.1) is 0 Å². The molecule has 0 aliphatic heterocycles. The zero-order valence-corrected chi connectivity index (χ0v) is 9.26. The molecule has 3 heteroatoms. The van der Waals surface area contributed by atoms with Crippen LogP contribution >= 0.6 is 11.8 Å². The highest BCUT2D eigenvalue weighted by atomic mass is 32.2. The van der Waals surface area contributed by atoms with Crippen molar-refractivity contribution < 1.29 is 9.90 Å². The largest absolute Gasteiger partial charge is 0.481 e. The van der Waals surface area contributed by atoms with Crippen molar-refractivity contribution >= 4 is 17.7 Å². The summed E-state index contributed by atoms with van der Waals surface area (Å²) in [7, 11) is 0. The third-order valence-electron chi connectivity index (χ3n) is 2.51. The summed E-state index contributed by atoms with van der Waals surface area (Å²) in [6.45, 7) is 0. The zero-order chi connectivity index (χ0) is 10.2. The Balaban J connectivity index is 1.93. The summed E-state index contributed by atoms with van der Waals surface area (Å²) >= 11 is 1.77. The monoisotopic (exact) mass is 214 g/mol. The second-order valence-electron chi connectivity index (χ2n) is 3.70. The van der Waals surface area contributed by atoms with Gasteiger partial charge in [0.1, 0.15) is 0 Å². The second kappa shape index (κ2) is 6.93. The van der Waals surface area contributed by atoms with E-state index in [-0.39, 0.29) is 0 Å². The maximum absolute atomic E-state index is 10.2. The van der Waals surface area contributed by atoms with E-state index in [1.54, 1.807) is 11.8 Å². The Hall–Kier alpha value is -0.440. The summed E-state index contributed by atoms with van der Waals surface area (Å²) in [6.07, 6.45) is 9.84. The lowest BCUT2D eigenvalue weighted by atomic mass is 9.92. The average Bonchev–Trinajstić information content (AvgIpc) is 2.18. The maximum atomic E-state index is 10.2. The van der Waals surface area contributed by atoms with Crippen LogP contribution in [0.2, 0.25) is 0 Å². The van der Waals surface area contributed by atoms with Gasteiger partial charge in [-0.3, -0.25) is 4.79 Å². The molecule has 1 atom stereocenters. The highest BCUT2D eigenvalue weighted by Gasteiger charge is 2.09. The second-order valence-corrected chi connectivity index (χ2v) is 4.92. The third kappa shape index (κ3) is 5.32. The lowest BCUT2D eigenvalue weighted by Gasteiger charge is -2.16. The van der Waals surface area contributed by atoms with Crippen LogP contribution in [-0.2, 0) is 4.79 Å². The summed E-state index contributed by atoms with van der Waals surface area (Å²) < 4.78 is 0. The molecule has 0 radical (unpaired) electrons. The molecule has 0 heterocycles. The van der Waals surface area contributed by atoms with E-state index in [2.05, 4.69) is 12.2 Å². The fraction of sp³-hybridized carbons (Fsp3) is 0.727. The molecule has 2 nitrogen and oxygen atoms in total. The first-order valence-electron chi connectivity index (χ1n) is 5.23. The fourth-order valence-corrected chi connectivity index (χ4v) is 2.65. The molecule has 1 unspecified atom stereocenters. The minimum Gasteiger partial charge on any atom is -0.481 e. The Bertz CT molecular complexity index is 201. The van der Waals surface area contributed by atoms with E-state index in [1.807, 2.05) is 0 Å². The lowest BCUT2D eigenvalue weighted by Crippen LogP contribution is -2.04. The molecule has 0 saturated carbocycles. The molecule has 0 fully saturated rings. The number of rotatable bonds is 6. The van der Waals surface area contributed by atoms with Crippen LogP contribution < -0.4 is 0 Å². The Morgan fingerprint density at radius 2 is 2.29 bits per heavy atom. The molecule has 0 spiro atoms. The molecular formula is C11H18O2S. The van der Waals surface area contributed by atoms with Crippen LogP contribution in [0.25, 0.3) is 0 Å². The van der Waals surface area contributed by atoms with Crippen molar-refractivity contribution in [3.8, 4) is 0 Å². The first-order chi connectivity index (χ1) is 6.79. The van der Waals surface area contributed by atoms with Crippen LogP contribution in [0.15, 0.2) is 12.2 Å². The molecule has 0 aromatic heterocycles. The van der Waals surface area contributed by atoms with Gasteiger partial charge in [-0.25, -0.2) is 0 Å². The number of hydrogen-bond donors (Lipinski definition) is 1. The number of thioether (sulfide) groups is 1. The number of aliphatic carboxylic acids is 1. The molecule has 0 amide bonds. The molecule has 1 rings (SSSR count). The molecule has 0 saturated heterocycles. The van der Waals surface area contributed by atoms with E-state index in [9.17, 15) is 4.79 Å². The minimum atomic E-state index is -0.682. The lowest BCUT2D eigenvalue weighted by molar-refractivity contribution is -0.136. The summed E-state index contributed by atoms with van der Waals surface area (Å²) in [5.74, 6) is 2.04. The Morgan fingerprint density at radius 3 is 2.93 bits per heavy atom. The minimum absolute atomic E-state index is 0.301. The van der Waals surface area contributed by atoms with E-state index in [0.717, 1.165) is 17.4 Å². The maximum Gasteiger partial charge on any atom is 0.304 e. The van der Waals surface area contributed by atoms with Gasteiger partial charge in [0, 0.05) is 5.75 Å². The van der Waals surface area contributed by atoms with Gasteiger partial charge >= 0.3 is 5.97 Å². The molecule has 80 valence electrons. The van der Waals surface area contributed by atoms with Crippen molar-refractivity contribution in [3.05, 3.63) is 12.2 Å². The van der Waals surface area contributed by atoms with E-state index in [0.29, 0.717) is 6.42 Å². The van der Waals surface area contributed by atoms with E-state index in [1.165, 1.54) is 25.7 Å². The summed E-state index contributed by atoms with van der Waals surface area (Å²) in [5.41, 5.74) is 0. The summed E-state index contributed by atoms with van der Waals surface area (Å²) in [6, 6.07) is 0. The van der Waals surface area contributed by atoms with Crippen LogP contribution in [0.1, 0.15) is 32.1 Å². The van der Waals surface area contributed by atoms with Crippen LogP contribution in [0.4, 0.5) is 0 Å². The van der Waals surface area contributed by atoms with Crippen molar-refractivity contribution in [1.82, 2.24) is 0 Å². The number of carbonyl (C=O) groups is 1. The summed E-state index contributed by atoms with van der Waals surface area (Å²) in [5, 5.41) is 8.44. The van der Waals surface area contributed by atoms with Crippen molar-refractivity contribution in [2.75, 3.05) is 11.5 Å². The number of carboxylic acid groups (broad SMARTS) is 1. The standard InChI is InChI=1S/C11H18O2S/c12-11(13)7-9-14-8-6-10-4-2-1-3-5-10/h1-2,10H,3-9H2,(H,12,13). The predicted molar refractivity (Wildman–Crippen MR) is 60.7 cm³/mol. The molecule has 1 aliphatic carbocycles. The SMILES string of the molecule is O=C(O)CCSCCC1CC=CCC1. The van der Waals surface area contributed by atoms with Crippen molar-refractivity contribution in [2.24, 2.45) is 5.92 Å². The predicted octanol–water partition coefficient (Wildman–Crippen LogP) is 2.94. The van der Waals surface area contributed by atoms with E-state index < -0.39 is 5.97 Å². The topological polar surface area (TPSA) is 37.3 Å². The molecular weight excluding hydrogens is 196 g/mol. The van der Waals surface area contributed by atoms with Crippen molar-refractivity contribution in [2.45, 2.75) is 32.1 Å². The van der Waals surface area contributed by atoms with Gasteiger partial charge in [0.15, 0.2) is 0 Å². The number of hydrogen-bond acceptors (Lipinski definition) is 2. The zero-order valence-electron chi connectivity index (χ0n) is 8.45. The van der Waals surface area contributed by atoms with Gasteiger partial charge < -0.3 is 5.11 Å². The van der Waals surface area contributed by atoms with Gasteiger partial charge in [0.05, 0.1) is 6.42 Å². The first-order valence-corrected chi connectivity index (χ1v) is 6.39. The molecule has 1 N–H and O–H groups in total. The quantitative estimate of drug-likeness (QED) is 0.545. The van der Waals surface area contributed by atoms with Gasteiger partial charge in [-0.2, -0.15) is 11.8 Å². The van der Waals surface area contributed by atoms with E-state index >= 15 is 0 Å². The highest BCUT2D eigenvalue weighted by Crippen LogP contribution is 2.23. The van der Waals surface area contributed by atoms with Crippen LogP contribution in [0.5, 0.6) is 0 Å². The van der Waals surface area contributed by atoms with Crippen molar-refractivity contribution in [1.29, 1.82) is 0 Å². The smallest absolute Gasteiger partial charge is 0.304 e. The van der Waals surface area contributed by atoms with Crippen LogP contribution in [0.3, 0.4) is 0 Å². The molecule has 0 bridgehead atoms. The Labute approximate surface area is 89.8 Å².